The van der Waals surface area contributed by atoms with Gasteiger partial charge in [0.2, 0.25) is 11.7 Å². The van der Waals surface area contributed by atoms with E-state index in [1.165, 1.54) is 4.80 Å². The van der Waals surface area contributed by atoms with Gasteiger partial charge in [0.1, 0.15) is 0 Å². The summed E-state index contributed by atoms with van der Waals surface area (Å²) in [5.41, 5.74) is 1.05. The number of amides is 2. The molecule has 2 amide bonds. The van der Waals surface area contributed by atoms with Gasteiger partial charge in [0.25, 0.3) is 5.91 Å². The Kier molecular flexibility index (Phi) is 3.97. The average Bonchev–Trinajstić information content (AvgIpc) is 3.27. The number of aromatic nitrogens is 4. The molecule has 0 bridgehead atoms. The van der Waals surface area contributed by atoms with E-state index in [4.69, 9.17) is 0 Å². The predicted octanol–water partition coefficient (Wildman–Crippen LogP) is 0.962. The van der Waals surface area contributed by atoms with Gasteiger partial charge in [0.05, 0.1) is 12.5 Å². The number of hydrogen-bond donors (Lipinski definition) is 0. The van der Waals surface area contributed by atoms with Gasteiger partial charge in [-0.25, -0.2) is 0 Å². The maximum absolute atomic E-state index is 12.9. The number of hydrogen-bond acceptors (Lipinski definition) is 5. The number of aryl methyl sites for hydroxylation is 1. The summed E-state index contributed by atoms with van der Waals surface area (Å²) in [4.78, 5) is 30.5. The van der Waals surface area contributed by atoms with E-state index in [0.29, 0.717) is 24.5 Å². The van der Waals surface area contributed by atoms with Crippen LogP contribution >= 0.6 is 0 Å². The molecule has 1 aromatic heterocycles. The highest BCUT2D eigenvalue weighted by molar-refractivity contribution is 5.96. The number of carbonyl (C=O) groups is 2. The standard InChI is InChI=1S/C18H22N6O2/c1-22-10-3-8-18(17(22)26)9-11-24(12-18)16(25)14-6-4-13(5-7-14)15-19-21-23(2)20-15/h4-7H,3,8-12H2,1-2H3/t18-/m1/s1. The Bertz CT molecular complexity index is 846. The molecule has 136 valence electrons. The van der Waals surface area contributed by atoms with E-state index in [9.17, 15) is 9.59 Å². The lowest BCUT2D eigenvalue weighted by molar-refractivity contribution is -0.143. The molecule has 0 radical (unpaired) electrons. The topological polar surface area (TPSA) is 84.2 Å². The Morgan fingerprint density at radius 3 is 2.58 bits per heavy atom. The Labute approximate surface area is 151 Å². The second-order valence-electron chi connectivity index (χ2n) is 7.27. The number of benzene rings is 1. The average molecular weight is 354 g/mol. The van der Waals surface area contributed by atoms with Crippen molar-refractivity contribution in [2.24, 2.45) is 12.5 Å². The first-order chi connectivity index (χ1) is 12.5. The molecule has 4 rings (SSSR count). The second kappa shape index (κ2) is 6.19. The van der Waals surface area contributed by atoms with Gasteiger partial charge in [-0.05, 0) is 36.6 Å². The van der Waals surface area contributed by atoms with Crippen LogP contribution in [0.25, 0.3) is 11.4 Å². The Balaban J connectivity index is 1.49. The van der Waals surface area contributed by atoms with Crippen LogP contribution in [0.15, 0.2) is 24.3 Å². The van der Waals surface area contributed by atoms with Gasteiger partial charge in [-0.3, -0.25) is 9.59 Å². The summed E-state index contributed by atoms with van der Waals surface area (Å²) in [6.45, 7) is 1.96. The van der Waals surface area contributed by atoms with Gasteiger partial charge in [-0.2, -0.15) is 4.80 Å². The van der Waals surface area contributed by atoms with Crippen molar-refractivity contribution in [2.45, 2.75) is 19.3 Å². The van der Waals surface area contributed by atoms with Crippen LogP contribution < -0.4 is 0 Å². The van der Waals surface area contributed by atoms with Crippen molar-refractivity contribution >= 4 is 11.8 Å². The number of nitrogens with zero attached hydrogens (tertiary/aromatic N) is 6. The molecule has 2 saturated heterocycles. The zero-order valence-corrected chi connectivity index (χ0v) is 15.1. The number of rotatable bonds is 2. The SMILES string of the molecule is CN1CCC[C@]2(CCN(C(=O)c3ccc(-c4nnn(C)n4)cc3)C2)C1=O. The first-order valence-corrected chi connectivity index (χ1v) is 8.88. The fourth-order valence-corrected chi connectivity index (χ4v) is 4.04. The summed E-state index contributed by atoms with van der Waals surface area (Å²) < 4.78 is 0. The molecule has 2 aliphatic rings. The van der Waals surface area contributed by atoms with Crippen LogP contribution in [0.1, 0.15) is 29.6 Å². The van der Waals surface area contributed by atoms with E-state index in [2.05, 4.69) is 15.4 Å². The van der Waals surface area contributed by atoms with E-state index in [1.807, 2.05) is 24.1 Å². The molecule has 1 spiro atoms. The first kappa shape index (κ1) is 16.7. The zero-order valence-electron chi connectivity index (χ0n) is 15.1. The van der Waals surface area contributed by atoms with Gasteiger partial charge in [0.15, 0.2) is 0 Å². The number of piperidine rings is 1. The zero-order chi connectivity index (χ0) is 18.3. The van der Waals surface area contributed by atoms with E-state index in [0.717, 1.165) is 31.4 Å². The highest BCUT2D eigenvalue weighted by atomic mass is 16.2. The van der Waals surface area contributed by atoms with Crippen LogP contribution in [0, 0.1) is 5.41 Å². The Morgan fingerprint density at radius 1 is 1.12 bits per heavy atom. The monoisotopic (exact) mass is 354 g/mol. The van der Waals surface area contributed by atoms with E-state index >= 15 is 0 Å². The fourth-order valence-electron chi connectivity index (χ4n) is 4.04. The van der Waals surface area contributed by atoms with Crippen molar-refractivity contribution in [1.29, 1.82) is 0 Å². The van der Waals surface area contributed by atoms with Gasteiger partial charge in [-0.1, -0.05) is 12.1 Å². The summed E-state index contributed by atoms with van der Waals surface area (Å²) in [5, 5.41) is 12.0. The highest BCUT2D eigenvalue weighted by Crippen LogP contribution is 2.40. The molecular formula is C18H22N6O2. The molecular weight excluding hydrogens is 332 g/mol. The first-order valence-electron chi connectivity index (χ1n) is 8.88. The molecule has 0 saturated carbocycles. The van der Waals surface area contributed by atoms with Gasteiger partial charge < -0.3 is 9.80 Å². The molecule has 2 aliphatic heterocycles. The van der Waals surface area contributed by atoms with Crippen LogP contribution in [0.4, 0.5) is 0 Å². The van der Waals surface area contributed by atoms with Crippen molar-refractivity contribution in [1.82, 2.24) is 30.0 Å². The molecule has 26 heavy (non-hydrogen) atoms. The van der Waals surface area contributed by atoms with Crippen molar-refractivity contribution in [2.75, 3.05) is 26.7 Å². The summed E-state index contributed by atoms with van der Waals surface area (Å²) in [6, 6.07) is 7.23. The molecule has 3 heterocycles. The van der Waals surface area contributed by atoms with E-state index < -0.39 is 0 Å². The normalized spacial score (nSPS) is 23.1. The van der Waals surface area contributed by atoms with Crippen LogP contribution in [-0.4, -0.2) is 68.5 Å². The lowest BCUT2D eigenvalue weighted by Crippen LogP contribution is -2.48. The van der Waals surface area contributed by atoms with Crippen LogP contribution in [0.2, 0.25) is 0 Å². The number of tetrazole rings is 1. The molecule has 1 aromatic carbocycles. The molecule has 1 atom stereocenters. The molecule has 2 aromatic rings. The third-order valence-electron chi connectivity index (χ3n) is 5.49. The van der Waals surface area contributed by atoms with Crippen LogP contribution in [0.5, 0.6) is 0 Å². The molecule has 0 unspecified atom stereocenters. The summed E-state index contributed by atoms with van der Waals surface area (Å²) in [7, 11) is 3.56. The van der Waals surface area contributed by atoms with Crippen LogP contribution in [0.3, 0.4) is 0 Å². The number of carbonyl (C=O) groups excluding carboxylic acids is 2. The van der Waals surface area contributed by atoms with Gasteiger partial charge in [0, 0.05) is 37.8 Å². The molecule has 8 nitrogen and oxygen atoms in total. The van der Waals surface area contributed by atoms with Crippen molar-refractivity contribution in [3.63, 3.8) is 0 Å². The summed E-state index contributed by atoms with van der Waals surface area (Å²) in [6.07, 6.45) is 2.63. The maximum atomic E-state index is 12.9. The Morgan fingerprint density at radius 2 is 1.88 bits per heavy atom. The summed E-state index contributed by atoms with van der Waals surface area (Å²) in [5.74, 6) is 0.687. The minimum atomic E-state index is -0.383. The number of likely N-dealkylation sites (tertiary alicyclic amines) is 2. The molecule has 8 heteroatoms. The van der Waals surface area contributed by atoms with Gasteiger partial charge in [-0.15, -0.1) is 10.2 Å². The van der Waals surface area contributed by atoms with Crippen molar-refractivity contribution < 1.29 is 9.59 Å². The lowest BCUT2D eigenvalue weighted by Gasteiger charge is -2.37. The molecule has 0 aliphatic carbocycles. The minimum Gasteiger partial charge on any atom is -0.345 e. The lowest BCUT2D eigenvalue weighted by atomic mass is 9.78. The predicted molar refractivity (Wildman–Crippen MR) is 94.1 cm³/mol. The maximum Gasteiger partial charge on any atom is 0.253 e. The third kappa shape index (κ3) is 2.75. The second-order valence-corrected chi connectivity index (χ2v) is 7.27. The fraction of sp³-hybridized carbons (Fsp3) is 0.500. The smallest absolute Gasteiger partial charge is 0.253 e. The van der Waals surface area contributed by atoms with E-state index in [-0.39, 0.29) is 17.2 Å². The Hall–Kier alpha value is -2.77. The highest BCUT2D eigenvalue weighted by Gasteiger charge is 2.48. The van der Waals surface area contributed by atoms with Crippen molar-refractivity contribution in [3.8, 4) is 11.4 Å². The van der Waals surface area contributed by atoms with E-state index in [1.54, 1.807) is 24.1 Å². The third-order valence-corrected chi connectivity index (χ3v) is 5.49. The minimum absolute atomic E-state index is 0.0263. The quantitative estimate of drug-likeness (QED) is 0.802. The molecule has 2 fully saturated rings. The largest absolute Gasteiger partial charge is 0.345 e. The van der Waals surface area contributed by atoms with Crippen LogP contribution in [-0.2, 0) is 11.8 Å². The van der Waals surface area contributed by atoms with Gasteiger partial charge >= 0.3 is 0 Å². The van der Waals surface area contributed by atoms with Crippen molar-refractivity contribution in [3.05, 3.63) is 29.8 Å². The molecule has 0 N–H and O–H groups in total. The summed E-state index contributed by atoms with van der Waals surface area (Å²) >= 11 is 0.